The summed E-state index contributed by atoms with van der Waals surface area (Å²) in [6.07, 6.45) is 0. The van der Waals surface area contributed by atoms with Gasteiger partial charge in [0.2, 0.25) is 11.1 Å². The molecule has 0 radical (unpaired) electrons. The largest absolute Gasteiger partial charge is 0.497 e. The SMILES string of the molecule is CCOC(=O)C1=C(C)Nc2nc(SCc3ccc(C)cc3C)nn2C1c1ccc(OC)cc1. The molecule has 2 aromatic carbocycles. The molecule has 33 heavy (non-hydrogen) atoms. The zero-order valence-corrected chi connectivity index (χ0v) is 20.3. The first kappa shape index (κ1) is 22.9. The third-order valence-electron chi connectivity index (χ3n) is 5.61. The summed E-state index contributed by atoms with van der Waals surface area (Å²) in [5.74, 6) is 1.74. The molecule has 4 rings (SSSR count). The number of fused-ring (bicyclic) bond motifs is 1. The van der Waals surface area contributed by atoms with Gasteiger partial charge in [0, 0.05) is 11.4 Å². The maximum absolute atomic E-state index is 12.9. The Morgan fingerprint density at radius 1 is 1.15 bits per heavy atom. The van der Waals surface area contributed by atoms with E-state index in [-0.39, 0.29) is 5.97 Å². The lowest BCUT2D eigenvalue weighted by atomic mass is 9.96. The van der Waals surface area contributed by atoms with Crippen LogP contribution in [0.3, 0.4) is 0 Å². The van der Waals surface area contributed by atoms with Gasteiger partial charge in [0.05, 0.1) is 19.3 Å². The molecule has 0 saturated carbocycles. The summed E-state index contributed by atoms with van der Waals surface area (Å²) in [6, 6.07) is 13.6. The maximum Gasteiger partial charge on any atom is 0.338 e. The average Bonchev–Trinajstić information content (AvgIpc) is 3.20. The van der Waals surface area contributed by atoms with E-state index in [1.54, 1.807) is 30.5 Å². The van der Waals surface area contributed by atoms with Gasteiger partial charge in [-0.1, -0.05) is 47.7 Å². The highest BCUT2D eigenvalue weighted by atomic mass is 32.2. The van der Waals surface area contributed by atoms with Crippen LogP contribution in [-0.2, 0) is 15.3 Å². The minimum atomic E-state index is -0.450. The Kier molecular flexibility index (Phi) is 6.74. The van der Waals surface area contributed by atoms with Crippen LogP contribution in [0.2, 0.25) is 0 Å². The molecule has 1 aliphatic rings. The van der Waals surface area contributed by atoms with E-state index in [0.717, 1.165) is 17.1 Å². The zero-order valence-electron chi connectivity index (χ0n) is 19.5. The number of carbonyl (C=O) groups excluding carboxylic acids is 1. The summed E-state index contributed by atoms with van der Waals surface area (Å²) < 4.78 is 12.4. The van der Waals surface area contributed by atoms with Crippen molar-refractivity contribution in [3.8, 4) is 5.75 Å². The lowest BCUT2D eigenvalue weighted by Gasteiger charge is -2.28. The molecule has 2 heterocycles. The molecule has 0 saturated heterocycles. The predicted octanol–water partition coefficient (Wildman–Crippen LogP) is 5.05. The third-order valence-corrected chi connectivity index (χ3v) is 6.50. The monoisotopic (exact) mass is 464 g/mol. The first-order valence-electron chi connectivity index (χ1n) is 10.9. The Balaban J connectivity index is 1.68. The van der Waals surface area contributed by atoms with Gasteiger partial charge in [-0.15, -0.1) is 5.10 Å². The van der Waals surface area contributed by atoms with Crippen LogP contribution in [-0.4, -0.2) is 34.5 Å². The molecule has 0 amide bonds. The third kappa shape index (κ3) is 4.75. The first-order chi connectivity index (χ1) is 15.9. The number of carbonyl (C=O) groups is 1. The number of methoxy groups -OCH3 is 1. The van der Waals surface area contributed by atoms with Crippen molar-refractivity contribution in [1.82, 2.24) is 14.8 Å². The number of benzene rings is 2. The Morgan fingerprint density at radius 3 is 2.58 bits per heavy atom. The summed E-state index contributed by atoms with van der Waals surface area (Å²) in [6.45, 7) is 8.18. The Morgan fingerprint density at radius 2 is 1.91 bits per heavy atom. The number of nitrogens with zero attached hydrogens (tertiary/aromatic N) is 3. The van der Waals surface area contributed by atoms with E-state index in [9.17, 15) is 4.79 Å². The van der Waals surface area contributed by atoms with E-state index >= 15 is 0 Å². The number of hydrogen-bond acceptors (Lipinski definition) is 7. The molecule has 7 nitrogen and oxygen atoms in total. The molecular formula is C25H28N4O3S. The standard InChI is InChI=1S/C25H28N4O3S/c1-6-32-23(30)21-17(4)26-24-27-25(33-14-19-8-7-15(2)13-16(19)3)28-29(24)22(21)18-9-11-20(31-5)12-10-18/h7-13,22H,6,14H2,1-5H3,(H,26,27,28). The number of nitrogens with one attached hydrogen (secondary N) is 1. The molecule has 3 aromatic rings. The van der Waals surface area contributed by atoms with Gasteiger partial charge in [-0.05, 0) is 56.5 Å². The highest BCUT2D eigenvalue weighted by molar-refractivity contribution is 7.98. The Hall–Kier alpha value is -3.26. The molecule has 0 fully saturated rings. The fourth-order valence-electron chi connectivity index (χ4n) is 3.91. The molecule has 1 unspecified atom stereocenters. The molecule has 1 atom stereocenters. The molecular weight excluding hydrogens is 436 g/mol. The van der Waals surface area contributed by atoms with E-state index < -0.39 is 6.04 Å². The van der Waals surface area contributed by atoms with E-state index in [2.05, 4.69) is 37.4 Å². The summed E-state index contributed by atoms with van der Waals surface area (Å²) >= 11 is 1.57. The topological polar surface area (TPSA) is 78.3 Å². The van der Waals surface area contributed by atoms with Crippen LogP contribution in [0.1, 0.15) is 42.1 Å². The van der Waals surface area contributed by atoms with Crippen molar-refractivity contribution < 1.29 is 14.3 Å². The molecule has 1 aliphatic heterocycles. The predicted molar refractivity (Wildman–Crippen MR) is 130 cm³/mol. The number of allylic oxidation sites excluding steroid dienone is 1. The van der Waals surface area contributed by atoms with Crippen molar-refractivity contribution in [2.45, 2.75) is 44.6 Å². The minimum Gasteiger partial charge on any atom is -0.497 e. The minimum absolute atomic E-state index is 0.298. The smallest absolute Gasteiger partial charge is 0.338 e. The molecule has 0 bridgehead atoms. The van der Waals surface area contributed by atoms with Crippen LogP contribution < -0.4 is 10.1 Å². The summed E-state index contributed by atoms with van der Waals surface area (Å²) in [5, 5.41) is 8.66. The molecule has 1 aromatic heterocycles. The fraction of sp³-hybridized carbons (Fsp3) is 0.320. The number of thioether (sulfide) groups is 1. The first-order valence-corrected chi connectivity index (χ1v) is 11.8. The van der Waals surface area contributed by atoms with Gasteiger partial charge in [0.1, 0.15) is 11.8 Å². The van der Waals surface area contributed by atoms with Crippen LogP contribution in [0.15, 0.2) is 58.9 Å². The number of hydrogen-bond donors (Lipinski definition) is 1. The lowest BCUT2D eigenvalue weighted by molar-refractivity contribution is -0.139. The van der Waals surface area contributed by atoms with Crippen LogP contribution in [0, 0.1) is 13.8 Å². The van der Waals surface area contributed by atoms with Gasteiger partial charge in [0.25, 0.3) is 0 Å². The van der Waals surface area contributed by atoms with E-state index in [4.69, 9.17) is 19.6 Å². The molecule has 8 heteroatoms. The van der Waals surface area contributed by atoms with E-state index in [1.807, 2.05) is 31.2 Å². The number of aromatic nitrogens is 3. The Bertz CT molecular complexity index is 1200. The van der Waals surface area contributed by atoms with Crippen molar-refractivity contribution in [2.24, 2.45) is 0 Å². The second-order valence-electron chi connectivity index (χ2n) is 7.94. The second kappa shape index (κ2) is 9.70. The number of aryl methyl sites for hydroxylation is 2. The molecule has 1 N–H and O–H groups in total. The zero-order chi connectivity index (χ0) is 23.5. The molecule has 0 aliphatic carbocycles. The number of rotatable bonds is 7. The van der Waals surface area contributed by atoms with E-state index in [0.29, 0.717) is 29.0 Å². The van der Waals surface area contributed by atoms with Gasteiger partial charge in [-0.2, -0.15) is 4.98 Å². The van der Waals surface area contributed by atoms with Crippen molar-refractivity contribution in [2.75, 3.05) is 19.0 Å². The molecule has 172 valence electrons. The lowest BCUT2D eigenvalue weighted by Crippen LogP contribution is -2.29. The molecule has 0 spiro atoms. The summed E-state index contributed by atoms with van der Waals surface area (Å²) in [5.41, 5.74) is 5.88. The van der Waals surface area contributed by atoms with Crippen molar-refractivity contribution in [3.63, 3.8) is 0 Å². The fourth-order valence-corrected chi connectivity index (χ4v) is 4.82. The number of ether oxygens (including phenoxy) is 2. The highest BCUT2D eigenvalue weighted by Crippen LogP contribution is 2.37. The normalized spacial score (nSPS) is 15.1. The number of esters is 1. The van der Waals surface area contributed by atoms with Crippen molar-refractivity contribution in [1.29, 1.82) is 0 Å². The van der Waals surface area contributed by atoms with Crippen LogP contribution in [0.25, 0.3) is 0 Å². The maximum atomic E-state index is 12.9. The van der Waals surface area contributed by atoms with Gasteiger partial charge >= 0.3 is 5.97 Å². The van der Waals surface area contributed by atoms with Gasteiger partial charge in [-0.3, -0.25) is 0 Å². The van der Waals surface area contributed by atoms with Crippen molar-refractivity contribution >= 4 is 23.7 Å². The van der Waals surface area contributed by atoms with Gasteiger partial charge < -0.3 is 14.8 Å². The van der Waals surface area contributed by atoms with Crippen LogP contribution in [0.5, 0.6) is 5.75 Å². The summed E-state index contributed by atoms with van der Waals surface area (Å²) in [4.78, 5) is 17.6. The average molecular weight is 465 g/mol. The van der Waals surface area contributed by atoms with Crippen LogP contribution in [0.4, 0.5) is 5.95 Å². The second-order valence-corrected chi connectivity index (χ2v) is 8.88. The summed E-state index contributed by atoms with van der Waals surface area (Å²) in [7, 11) is 1.63. The van der Waals surface area contributed by atoms with Crippen molar-refractivity contribution in [3.05, 3.63) is 76.0 Å². The van der Waals surface area contributed by atoms with Crippen LogP contribution >= 0.6 is 11.8 Å². The number of anilines is 1. The van der Waals surface area contributed by atoms with E-state index in [1.165, 1.54) is 16.7 Å². The Labute approximate surface area is 198 Å². The van der Waals surface area contributed by atoms with Gasteiger partial charge in [0.15, 0.2) is 0 Å². The quantitative estimate of drug-likeness (QED) is 0.387. The highest BCUT2D eigenvalue weighted by Gasteiger charge is 2.35. The van der Waals surface area contributed by atoms with Gasteiger partial charge in [-0.25, -0.2) is 9.48 Å².